The summed E-state index contributed by atoms with van der Waals surface area (Å²) in [6.07, 6.45) is 7.23. The Morgan fingerprint density at radius 3 is 2.79 bits per heavy atom. The molecule has 1 aromatic heterocycles. The number of rotatable bonds is 4. The molecule has 5 heteroatoms. The van der Waals surface area contributed by atoms with Gasteiger partial charge >= 0.3 is 6.09 Å². The van der Waals surface area contributed by atoms with E-state index in [9.17, 15) is 4.79 Å². The van der Waals surface area contributed by atoms with Gasteiger partial charge in [0.15, 0.2) is 0 Å². The van der Waals surface area contributed by atoms with Crippen molar-refractivity contribution in [3.8, 4) is 5.75 Å². The van der Waals surface area contributed by atoms with Crippen molar-refractivity contribution in [2.45, 2.75) is 64.0 Å². The fraction of sp³-hybridized carbons (Fsp3) is 0.478. The van der Waals surface area contributed by atoms with Crippen molar-refractivity contribution < 1.29 is 9.53 Å². The molecule has 0 bridgehead atoms. The second-order valence-corrected chi connectivity index (χ2v) is 8.61. The fourth-order valence-electron chi connectivity index (χ4n) is 4.42. The minimum absolute atomic E-state index is 0.0106. The van der Waals surface area contributed by atoms with Gasteiger partial charge in [-0.15, -0.1) is 0 Å². The molecule has 4 rings (SSSR count). The van der Waals surface area contributed by atoms with Crippen molar-refractivity contribution in [2.24, 2.45) is 0 Å². The van der Waals surface area contributed by atoms with Gasteiger partial charge in [0.25, 0.3) is 0 Å². The van der Waals surface area contributed by atoms with E-state index in [4.69, 9.17) is 4.74 Å². The molecule has 148 valence electrons. The second kappa shape index (κ2) is 7.82. The zero-order chi connectivity index (χ0) is 19.6. The highest BCUT2D eigenvalue weighted by atomic mass is 16.6. The van der Waals surface area contributed by atoms with Crippen LogP contribution in [0.2, 0.25) is 0 Å². The molecule has 5 nitrogen and oxygen atoms in total. The largest absolute Gasteiger partial charge is 0.412 e. The Labute approximate surface area is 167 Å². The molecule has 2 aliphatic rings. The molecule has 1 fully saturated rings. The summed E-state index contributed by atoms with van der Waals surface area (Å²) >= 11 is 0. The molecule has 0 saturated heterocycles. The van der Waals surface area contributed by atoms with E-state index in [0.717, 1.165) is 31.6 Å². The van der Waals surface area contributed by atoms with Gasteiger partial charge in [-0.25, -0.2) is 4.79 Å². The highest BCUT2D eigenvalue weighted by Crippen LogP contribution is 2.42. The molecule has 1 aliphatic carbocycles. The lowest BCUT2D eigenvalue weighted by Crippen LogP contribution is -2.38. The number of carbonyl (C=O) groups excluding carboxylic acids is 1. The predicted octanol–water partition coefficient (Wildman–Crippen LogP) is 4.80. The van der Waals surface area contributed by atoms with E-state index < -0.39 is 0 Å². The van der Waals surface area contributed by atoms with Crippen LogP contribution in [0.4, 0.5) is 10.5 Å². The number of benzene rings is 1. The maximum absolute atomic E-state index is 12.3. The third-order valence-corrected chi connectivity index (χ3v) is 5.84. The molecule has 2 heterocycles. The molecule has 28 heavy (non-hydrogen) atoms. The van der Waals surface area contributed by atoms with Crippen LogP contribution in [0.1, 0.15) is 57.2 Å². The molecular formula is C23H29N3O2. The molecule has 1 N–H and O–H groups in total. The van der Waals surface area contributed by atoms with Crippen LogP contribution in [0.25, 0.3) is 0 Å². The molecule has 1 saturated carbocycles. The number of fused-ring (bicyclic) bond motifs is 1. The Kier molecular flexibility index (Phi) is 5.25. The highest BCUT2D eigenvalue weighted by Gasteiger charge is 2.35. The van der Waals surface area contributed by atoms with Crippen LogP contribution in [0.5, 0.6) is 5.75 Å². The highest BCUT2D eigenvalue weighted by molar-refractivity contribution is 5.72. The second-order valence-electron chi connectivity index (χ2n) is 8.61. The Bertz CT molecular complexity index is 829. The minimum atomic E-state index is -0.340. The van der Waals surface area contributed by atoms with Crippen LogP contribution in [0.15, 0.2) is 42.6 Å². The van der Waals surface area contributed by atoms with E-state index in [1.165, 1.54) is 30.5 Å². The first-order valence-corrected chi connectivity index (χ1v) is 10.3. The SMILES string of the molecule is CC1(C)CN(Cc2ccccn2)c2ccc(OC(=O)NC3CCCCC3)cc21. The first kappa shape index (κ1) is 18.8. The van der Waals surface area contributed by atoms with Gasteiger partial charge in [0.1, 0.15) is 5.75 Å². The lowest BCUT2D eigenvalue weighted by atomic mass is 9.87. The summed E-state index contributed by atoms with van der Waals surface area (Å²) in [7, 11) is 0. The molecule has 0 radical (unpaired) electrons. The predicted molar refractivity (Wildman–Crippen MR) is 111 cm³/mol. The third kappa shape index (κ3) is 4.13. The summed E-state index contributed by atoms with van der Waals surface area (Å²) in [6, 6.07) is 12.2. The molecule has 1 aromatic carbocycles. The first-order valence-electron chi connectivity index (χ1n) is 10.3. The lowest BCUT2D eigenvalue weighted by Gasteiger charge is -2.22. The van der Waals surface area contributed by atoms with Crippen molar-refractivity contribution in [2.75, 3.05) is 11.4 Å². The number of hydrogen-bond donors (Lipinski definition) is 1. The summed E-state index contributed by atoms with van der Waals surface area (Å²) in [5.74, 6) is 0.611. The number of carbonyl (C=O) groups is 1. The zero-order valence-corrected chi connectivity index (χ0v) is 16.8. The van der Waals surface area contributed by atoms with Crippen molar-refractivity contribution in [3.63, 3.8) is 0 Å². The first-order chi connectivity index (χ1) is 13.5. The Balaban J connectivity index is 1.46. The number of aromatic nitrogens is 1. The van der Waals surface area contributed by atoms with E-state index >= 15 is 0 Å². The van der Waals surface area contributed by atoms with Gasteiger partial charge in [-0.3, -0.25) is 4.98 Å². The summed E-state index contributed by atoms with van der Waals surface area (Å²) < 4.78 is 5.61. The topological polar surface area (TPSA) is 54.5 Å². The maximum Gasteiger partial charge on any atom is 0.412 e. The minimum Gasteiger partial charge on any atom is -0.410 e. The lowest BCUT2D eigenvalue weighted by molar-refractivity contribution is 0.192. The van der Waals surface area contributed by atoms with Crippen LogP contribution < -0.4 is 15.0 Å². The van der Waals surface area contributed by atoms with E-state index in [1.54, 1.807) is 0 Å². The van der Waals surface area contributed by atoms with Gasteiger partial charge in [0.05, 0.1) is 12.2 Å². The van der Waals surface area contributed by atoms with Crippen LogP contribution in [-0.4, -0.2) is 23.7 Å². The zero-order valence-electron chi connectivity index (χ0n) is 16.8. The number of pyridine rings is 1. The Morgan fingerprint density at radius 2 is 2.04 bits per heavy atom. The monoisotopic (exact) mass is 379 g/mol. The smallest absolute Gasteiger partial charge is 0.410 e. The fourth-order valence-corrected chi connectivity index (χ4v) is 4.42. The molecule has 1 aliphatic heterocycles. The molecule has 0 atom stereocenters. The normalized spacial score (nSPS) is 18.6. The molecule has 0 unspecified atom stereocenters. The third-order valence-electron chi connectivity index (χ3n) is 5.84. The summed E-state index contributed by atoms with van der Waals surface area (Å²) in [5, 5.41) is 3.02. The number of nitrogens with zero attached hydrogens (tertiary/aromatic N) is 2. The average Bonchev–Trinajstić information content (AvgIpc) is 2.93. The quantitative estimate of drug-likeness (QED) is 0.829. The average molecular weight is 380 g/mol. The summed E-state index contributed by atoms with van der Waals surface area (Å²) in [5.41, 5.74) is 3.45. The van der Waals surface area contributed by atoms with Crippen molar-refractivity contribution >= 4 is 11.8 Å². The molecule has 2 aromatic rings. The van der Waals surface area contributed by atoms with Crippen LogP contribution in [0.3, 0.4) is 0 Å². The summed E-state index contributed by atoms with van der Waals surface area (Å²) in [6.45, 7) is 6.16. The van der Waals surface area contributed by atoms with Crippen LogP contribution in [0, 0.1) is 0 Å². The number of amides is 1. The number of hydrogen-bond acceptors (Lipinski definition) is 4. The van der Waals surface area contributed by atoms with Gasteiger partial charge in [-0.2, -0.15) is 0 Å². The van der Waals surface area contributed by atoms with Crippen LogP contribution >= 0.6 is 0 Å². The maximum atomic E-state index is 12.3. The van der Waals surface area contributed by atoms with Crippen molar-refractivity contribution in [1.29, 1.82) is 0 Å². The number of anilines is 1. The van der Waals surface area contributed by atoms with Crippen molar-refractivity contribution in [3.05, 3.63) is 53.9 Å². The van der Waals surface area contributed by atoms with Gasteiger partial charge in [-0.05, 0) is 48.7 Å². The number of nitrogens with one attached hydrogen (secondary N) is 1. The van der Waals surface area contributed by atoms with E-state index in [0.29, 0.717) is 5.75 Å². The van der Waals surface area contributed by atoms with Crippen molar-refractivity contribution in [1.82, 2.24) is 10.3 Å². The van der Waals surface area contributed by atoms with Crippen LogP contribution in [-0.2, 0) is 12.0 Å². The molecular weight excluding hydrogens is 350 g/mol. The van der Waals surface area contributed by atoms with E-state index in [2.05, 4.69) is 41.2 Å². The van der Waals surface area contributed by atoms with Gasteiger partial charge in [0, 0.05) is 29.9 Å². The van der Waals surface area contributed by atoms with E-state index in [-0.39, 0.29) is 17.6 Å². The van der Waals surface area contributed by atoms with Gasteiger partial charge < -0.3 is 15.0 Å². The van der Waals surface area contributed by atoms with E-state index in [1.807, 2.05) is 30.5 Å². The summed E-state index contributed by atoms with van der Waals surface area (Å²) in [4.78, 5) is 19.1. The molecule has 1 amide bonds. The standard InChI is InChI=1S/C23H29N3O2/c1-23(2)16-26(15-18-10-6-7-13-24-18)21-12-11-19(14-20(21)23)28-22(27)25-17-8-4-3-5-9-17/h6-7,10-14,17H,3-5,8-9,15-16H2,1-2H3,(H,25,27). The van der Waals surface area contributed by atoms with Gasteiger partial charge in [-0.1, -0.05) is 39.2 Å². The molecule has 0 spiro atoms. The Hall–Kier alpha value is -2.56. The van der Waals surface area contributed by atoms with Gasteiger partial charge in [0.2, 0.25) is 0 Å². The Morgan fingerprint density at radius 1 is 1.21 bits per heavy atom. The number of ether oxygens (including phenoxy) is 1.